The summed E-state index contributed by atoms with van der Waals surface area (Å²) in [6, 6.07) is 18.7. The highest BCUT2D eigenvalue weighted by Crippen LogP contribution is 2.43. The summed E-state index contributed by atoms with van der Waals surface area (Å²) in [6.45, 7) is 5.94. The highest BCUT2D eigenvalue weighted by Gasteiger charge is 2.42. The fraction of sp³-hybridized carbons (Fsp3) is 0.192. The van der Waals surface area contributed by atoms with Crippen LogP contribution >= 0.6 is 12.2 Å². The molecule has 0 spiro atoms. The number of halogens is 1. The summed E-state index contributed by atoms with van der Waals surface area (Å²) in [6.07, 6.45) is 3.59. The second-order valence-electron chi connectivity index (χ2n) is 8.28. The molecular weight excluding hydrogens is 433 g/mol. The van der Waals surface area contributed by atoms with Crippen LogP contribution < -0.4 is 10.2 Å². The molecule has 1 aliphatic heterocycles. The van der Waals surface area contributed by atoms with E-state index in [2.05, 4.69) is 44.7 Å². The number of aryl methyl sites for hydroxylation is 2. The van der Waals surface area contributed by atoms with Gasteiger partial charge in [0.2, 0.25) is 0 Å². The second kappa shape index (κ2) is 8.41. The van der Waals surface area contributed by atoms with Gasteiger partial charge >= 0.3 is 0 Å². The fourth-order valence-corrected chi connectivity index (χ4v) is 5.00. The summed E-state index contributed by atoms with van der Waals surface area (Å²) in [5.74, 6) is 0.633. The summed E-state index contributed by atoms with van der Waals surface area (Å²) in [4.78, 5) is 11.3. The van der Waals surface area contributed by atoms with Crippen molar-refractivity contribution in [3.8, 4) is 5.82 Å². The number of pyridine rings is 2. The minimum Gasteiger partial charge on any atom is -0.351 e. The molecule has 1 saturated heterocycles. The van der Waals surface area contributed by atoms with Crippen LogP contribution in [0, 0.1) is 26.6 Å². The molecule has 4 aromatic rings. The number of hydrogen-bond acceptors (Lipinski definition) is 3. The highest BCUT2D eigenvalue weighted by molar-refractivity contribution is 7.80. The molecule has 7 heteroatoms. The van der Waals surface area contributed by atoms with Gasteiger partial charge in [0.15, 0.2) is 5.11 Å². The number of rotatable bonds is 4. The largest absolute Gasteiger partial charge is 0.351 e. The van der Waals surface area contributed by atoms with E-state index in [9.17, 15) is 4.39 Å². The first-order valence-electron chi connectivity index (χ1n) is 10.8. The zero-order valence-electron chi connectivity index (χ0n) is 18.7. The molecule has 0 unspecified atom stereocenters. The Kier molecular flexibility index (Phi) is 5.42. The van der Waals surface area contributed by atoms with E-state index < -0.39 is 0 Å². The van der Waals surface area contributed by atoms with E-state index in [1.165, 1.54) is 6.07 Å². The molecule has 0 radical (unpaired) electrons. The molecule has 0 saturated carbocycles. The molecule has 0 amide bonds. The summed E-state index contributed by atoms with van der Waals surface area (Å²) >= 11 is 5.80. The number of benzene rings is 1. The lowest BCUT2D eigenvalue weighted by Crippen LogP contribution is -2.29. The van der Waals surface area contributed by atoms with Crippen molar-refractivity contribution in [2.45, 2.75) is 32.9 Å². The van der Waals surface area contributed by atoms with E-state index >= 15 is 0 Å². The van der Waals surface area contributed by atoms with Gasteiger partial charge in [-0.05, 0) is 92.6 Å². The van der Waals surface area contributed by atoms with Crippen molar-refractivity contribution < 1.29 is 4.39 Å². The number of hydrogen-bond donors (Lipinski definition) is 1. The standard InChI is InChI=1S/C26H24FN5S/c1-16-14-19(10-11-21(16)27)32-25(24(30-26(32)33)22-8-4-6-12-28-22)20-15-17(2)31(18(20)3)23-9-5-7-13-29-23/h4-15,24-25H,1-3H3,(H,30,33)/t24-,25+/m1/s1. The van der Waals surface area contributed by atoms with Gasteiger partial charge in [0.05, 0.1) is 17.8 Å². The van der Waals surface area contributed by atoms with Crippen LogP contribution in [0.15, 0.2) is 73.1 Å². The molecule has 1 aromatic carbocycles. The second-order valence-corrected chi connectivity index (χ2v) is 8.67. The van der Waals surface area contributed by atoms with E-state index in [1.807, 2.05) is 42.5 Å². The molecular formula is C26H24FN5S. The first kappa shape index (κ1) is 21.3. The minimum atomic E-state index is -0.233. The van der Waals surface area contributed by atoms with Crippen LogP contribution in [0.25, 0.3) is 5.82 Å². The van der Waals surface area contributed by atoms with Gasteiger partial charge < -0.3 is 14.8 Å². The van der Waals surface area contributed by atoms with Gasteiger partial charge in [0.1, 0.15) is 11.6 Å². The highest BCUT2D eigenvalue weighted by atomic mass is 32.1. The summed E-state index contributed by atoms with van der Waals surface area (Å²) < 4.78 is 16.2. The van der Waals surface area contributed by atoms with Crippen molar-refractivity contribution >= 4 is 23.0 Å². The Morgan fingerprint density at radius 1 is 0.939 bits per heavy atom. The maximum atomic E-state index is 14.1. The third-order valence-corrected chi connectivity index (χ3v) is 6.50. The fourth-order valence-electron chi connectivity index (χ4n) is 4.65. The molecule has 0 bridgehead atoms. The van der Waals surface area contributed by atoms with Crippen LogP contribution in [0.1, 0.15) is 40.3 Å². The Labute approximate surface area is 197 Å². The van der Waals surface area contributed by atoms with Crippen LogP contribution in [0.4, 0.5) is 10.1 Å². The molecule has 1 aliphatic rings. The molecule has 33 heavy (non-hydrogen) atoms. The first-order valence-corrected chi connectivity index (χ1v) is 11.2. The van der Waals surface area contributed by atoms with Crippen LogP contribution in [-0.2, 0) is 0 Å². The van der Waals surface area contributed by atoms with Gasteiger partial charge in [-0.1, -0.05) is 12.1 Å². The summed E-state index contributed by atoms with van der Waals surface area (Å²) in [7, 11) is 0. The third kappa shape index (κ3) is 3.68. The Hall–Kier alpha value is -3.58. The van der Waals surface area contributed by atoms with Gasteiger partial charge in [-0.15, -0.1) is 0 Å². The lowest BCUT2D eigenvalue weighted by Gasteiger charge is -2.28. The maximum Gasteiger partial charge on any atom is 0.174 e. The number of thiocarbonyl (C=S) groups is 1. The van der Waals surface area contributed by atoms with Crippen molar-refractivity contribution in [2.24, 2.45) is 0 Å². The van der Waals surface area contributed by atoms with Crippen molar-refractivity contribution in [1.29, 1.82) is 0 Å². The van der Waals surface area contributed by atoms with E-state index in [4.69, 9.17) is 12.2 Å². The van der Waals surface area contributed by atoms with Crippen molar-refractivity contribution in [1.82, 2.24) is 19.9 Å². The number of aromatic nitrogens is 3. The number of nitrogens with one attached hydrogen (secondary N) is 1. The lowest BCUT2D eigenvalue weighted by molar-refractivity contribution is 0.564. The van der Waals surface area contributed by atoms with Gasteiger partial charge in [0, 0.05) is 29.5 Å². The normalized spacial score (nSPS) is 17.9. The van der Waals surface area contributed by atoms with Crippen LogP contribution in [0.2, 0.25) is 0 Å². The minimum absolute atomic E-state index is 0.165. The van der Waals surface area contributed by atoms with E-state index in [0.717, 1.165) is 34.2 Å². The zero-order valence-corrected chi connectivity index (χ0v) is 19.5. The monoisotopic (exact) mass is 457 g/mol. The molecule has 166 valence electrons. The van der Waals surface area contributed by atoms with Gasteiger partial charge in [-0.2, -0.15) is 0 Å². The number of nitrogens with zero attached hydrogens (tertiary/aromatic N) is 4. The summed E-state index contributed by atoms with van der Waals surface area (Å²) in [5.41, 5.74) is 5.59. The third-order valence-electron chi connectivity index (χ3n) is 6.19. The Morgan fingerprint density at radius 3 is 2.36 bits per heavy atom. The Morgan fingerprint density at radius 2 is 1.70 bits per heavy atom. The molecule has 5 rings (SSSR count). The maximum absolute atomic E-state index is 14.1. The Balaban J connectivity index is 1.69. The number of anilines is 1. The van der Waals surface area contributed by atoms with Crippen LogP contribution in [-0.4, -0.2) is 19.6 Å². The molecule has 0 aliphatic carbocycles. The van der Waals surface area contributed by atoms with Crippen molar-refractivity contribution in [2.75, 3.05) is 4.90 Å². The average Bonchev–Trinajstić information content (AvgIpc) is 3.32. The molecule has 5 nitrogen and oxygen atoms in total. The smallest absolute Gasteiger partial charge is 0.174 e. The van der Waals surface area contributed by atoms with E-state index in [-0.39, 0.29) is 17.9 Å². The molecule has 4 heterocycles. The van der Waals surface area contributed by atoms with Crippen molar-refractivity contribution in [3.63, 3.8) is 0 Å². The predicted molar refractivity (Wildman–Crippen MR) is 132 cm³/mol. The SMILES string of the molecule is Cc1cc(N2C(=S)N[C@H](c3ccccn3)[C@@H]2c2cc(C)n(-c3ccccn3)c2C)ccc1F. The molecule has 1 fully saturated rings. The van der Waals surface area contributed by atoms with Crippen LogP contribution in [0.3, 0.4) is 0 Å². The van der Waals surface area contributed by atoms with Gasteiger partial charge in [-0.25, -0.2) is 9.37 Å². The molecule has 2 atom stereocenters. The quantitative estimate of drug-likeness (QED) is 0.410. The van der Waals surface area contributed by atoms with Crippen molar-refractivity contribution in [3.05, 3.63) is 107 Å². The average molecular weight is 458 g/mol. The van der Waals surface area contributed by atoms with Gasteiger partial charge in [0.25, 0.3) is 0 Å². The van der Waals surface area contributed by atoms with E-state index in [0.29, 0.717) is 10.7 Å². The first-order chi connectivity index (χ1) is 16.0. The Bertz CT molecular complexity index is 1320. The van der Waals surface area contributed by atoms with E-state index in [1.54, 1.807) is 25.4 Å². The lowest BCUT2D eigenvalue weighted by atomic mass is 9.96. The predicted octanol–water partition coefficient (Wildman–Crippen LogP) is 5.51. The molecule has 1 N–H and O–H groups in total. The summed E-state index contributed by atoms with van der Waals surface area (Å²) in [5, 5.41) is 4.06. The van der Waals surface area contributed by atoms with Gasteiger partial charge in [-0.3, -0.25) is 4.98 Å². The zero-order chi connectivity index (χ0) is 23.1. The van der Waals surface area contributed by atoms with Crippen LogP contribution in [0.5, 0.6) is 0 Å². The molecule has 3 aromatic heterocycles. The topological polar surface area (TPSA) is 46.0 Å².